The van der Waals surface area contributed by atoms with Gasteiger partial charge < -0.3 is 14.4 Å². The summed E-state index contributed by atoms with van der Waals surface area (Å²) >= 11 is 1.02. The Morgan fingerprint density at radius 3 is 2.50 bits per heavy atom. The number of alkyl halides is 3. The number of carbonyl (C=O) groups is 1. The first-order chi connectivity index (χ1) is 16.0. The van der Waals surface area contributed by atoms with Crippen LogP contribution < -0.4 is 14.4 Å². The van der Waals surface area contributed by atoms with E-state index in [0.29, 0.717) is 17.1 Å². The molecule has 0 aromatic heterocycles. The van der Waals surface area contributed by atoms with Crippen LogP contribution >= 0.6 is 11.8 Å². The summed E-state index contributed by atoms with van der Waals surface area (Å²) in [7, 11) is -0.476. The number of amides is 1. The van der Waals surface area contributed by atoms with E-state index in [9.17, 15) is 26.4 Å². The predicted molar refractivity (Wildman–Crippen MR) is 123 cm³/mol. The number of ether oxygens (including phenoxy) is 2. The molecule has 2 aromatic rings. The van der Waals surface area contributed by atoms with Crippen molar-refractivity contribution in [3.8, 4) is 11.5 Å². The number of fused-ring (bicyclic) bond motifs is 1. The van der Waals surface area contributed by atoms with Gasteiger partial charge in [-0.05, 0) is 29.8 Å². The number of halogens is 3. The predicted octanol–water partition coefficient (Wildman–Crippen LogP) is 3.57. The smallest absolute Gasteiger partial charge is 0.418 e. The summed E-state index contributed by atoms with van der Waals surface area (Å²) in [5.41, 5.74) is -0.551. The van der Waals surface area contributed by atoms with Crippen molar-refractivity contribution in [2.24, 2.45) is 4.99 Å². The maximum absolute atomic E-state index is 13.7. The van der Waals surface area contributed by atoms with E-state index in [1.165, 1.54) is 37.3 Å². The molecule has 34 heavy (non-hydrogen) atoms. The van der Waals surface area contributed by atoms with Crippen LogP contribution in [0.15, 0.2) is 47.5 Å². The number of para-hydroxylation sites is 1. The molecule has 4 rings (SSSR count). The lowest BCUT2D eigenvalue weighted by Gasteiger charge is -2.27. The Bertz CT molecular complexity index is 1250. The number of thioether (sulfide) groups is 1. The molecule has 0 N–H and O–H groups in total. The van der Waals surface area contributed by atoms with Crippen LogP contribution in [-0.4, -0.2) is 56.5 Å². The van der Waals surface area contributed by atoms with E-state index in [4.69, 9.17) is 9.47 Å². The van der Waals surface area contributed by atoms with Crippen molar-refractivity contribution in [2.45, 2.75) is 23.9 Å². The molecule has 0 bridgehead atoms. The molecule has 2 aliphatic rings. The molecule has 0 aliphatic carbocycles. The maximum atomic E-state index is 13.7. The lowest BCUT2D eigenvalue weighted by Crippen LogP contribution is -2.39. The average Bonchev–Trinajstić information content (AvgIpc) is 3.23. The summed E-state index contributed by atoms with van der Waals surface area (Å²) in [4.78, 5) is 18.2. The number of sulfone groups is 1. The minimum absolute atomic E-state index is 0.0621. The first kappa shape index (κ1) is 24.4. The lowest BCUT2D eigenvalue weighted by atomic mass is 10.1. The molecular weight excluding hydrogens is 493 g/mol. The van der Waals surface area contributed by atoms with Crippen LogP contribution in [0.3, 0.4) is 0 Å². The Hall–Kier alpha value is -2.73. The molecule has 7 nitrogen and oxygen atoms in total. The van der Waals surface area contributed by atoms with Crippen molar-refractivity contribution in [1.82, 2.24) is 0 Å². The average molecular weight is 515 g/mol. The number of hydrogen-bond acceptors (Lipinski definition) is 6. The van der Waals surface area contributed by atoms with E-state index >= 15 is 0 Å². The van der Waals surface area contributed by atoms with E-state index in [1.807, 2.05) is 0 Å². The highest BCUT2D eigenvalue weighted by Gasteiger charge is 2.51. The topological polar surface area (TPSA) is 85.3 Å². The Morgan fingerprint density at radius 1 is 1.12 bits per heavy atom. The fourth-order valence-corrected chi connectivity index (χ4v) is 8.01. The number of rotatable bonds is 5. The van der Waals surface area contributed by atoms with Gasteiger partial charge in [0.05, 0.1) is 49.4 Å². The van der Waals surface area contributed by atoms with E-state index in [-0.39, 0.29) is 28.8 Å². The van der Waals surface area contributed by atoms with Gasteiger partial charge in [-0.15, -0.1) is 0 Å². The molecular formula is C22H21F3N2O5S2. The molecule has 1 amide bonds. The van der Waals surface area contributed by atoms with Crippen molar-refractivity contribution in [3.63, 3.8) is 0 Å². The van der Waals surface area contributed by atoms with Crippen molar-refractivity contribution in [3.05, 3.63) is 53.6 Å². The largest absolute Gasteiger partial charge is 0.493 e. The number of methoxy groups -OCH3 is 2. The number of anilines is 1. The van der Waals surface area contributed by atoms with Gasteiger partial charge in [-0.25, -0.2) is 8.42 Å². The van der Waals surface area contributed by atoms with E-state index < -0.39 is 38.8 Å². The molecule has 182 valence electrons. The highest BCUT2D eigenvalue weighted by molar-refractivity contribution is 8.16. The Morgan fingerprint density at radius 2 is 1.82 bits per heavy atom. The monoisotopic (exact) mass is 514 g/mol. The first-order valence-electron chi connectivity index (χ1n) is 10.2. The number of benzene rings is 2. The van der Waals surface area contributed by atoms with Gasteiger partial charge in [0.2, 0.25) is 0 Å². The molecule has 2 heterocycles. The zero-order valence-electron chi connectivity index (χ0n) is 18.2. The highest BCUT2D eigenvalue weighted by atomic mass is 32.2. The van der Waals surface area contributed by atoms with Crippen LogP contribution in [0.25, 0.3) is 0 Å². The summed E-state index contributed by atoms with van der Waals surface area (Å²) in [6, 6.07) is 9.08. The van der Waals surface area contributed by atoms with Crippen LogP contribution in [0.1, 0.15) is 11.1 Å². The van der Waals surface area contributed by atoms with Crippen molar-refractivity contribution >= 4 is 38.4 Å². The van der Waals surface area contributed by atoms with Gasteiger partial charge in [-0.3, -0.25) is 4.79 Å². The van der Waals surface area contributed by atoms with Crippen molar-refractivity contribution in [1.29, 1.82) is 0 Å². The molecule has 0 radical (unpaired) electrons. The van der Waals surface area contributed by atoms with Gasteiger partial charge in [0.25, 0.3) is 5.91 Å². The fourth-order valence-electron chi connectivity index (χ4n) is 4.08. The van der Waals surface area contributed by atoms with Gasteiger partial charge >= 0.3 is 6.18 Å². The minimum Gasteiger partial charge on any atom is -0.493 e. The second-order valence-electron chi connectivity index (χ2n) is 7.84. The third kappa shape index (κ3) is 4.88. The summed E-state index contributed by atoms with van der Waals surface area (Å²) < 4.78 is 76.0. The van der Waals surface area contributed by atoms with Crippen molar-refractivity contribution in [2.75, 3.05) is 30.6 Å². The molecule has 2 aliphatic heterocycles. The third-order valence-electron chi connectivity index (χ3n) is 5.56. The standard InChI is InChI=1S/C22H21F3N2O5S2/c1-31-17-8-7-13(9-18(17)32-2)10-20(28)26-21-27(16-11-34(29,30)12-19(16)33-21)15-6-4-3-5-14(15)22(23,24)25/h3-9,16,19H,10-12H2,1-2H3/t16-,19-/m1/s1. The summed E-state index contributed by atoms with van der Waals surface area (Å²) in [5.74, 6) is -0.154. The fraction of sp³-hybridized carbons (Fsp3) is 0.364. The number of hydrogen-bond donors (Lipinski definition) is 0. The Balaban J connectivity index is 1.69. The van der Waals surface area contributed by atoms with Gasteiger partial charge in [0.1, 0.15) is 0 Å². The molecule has 2 saturated heterocycles. The summed E-state index contributed by atoms with van der Waals surface area (Å²) in [6.07, 6.45) is -4.78. The molecule has 0 spiro atoms. The van der Waals surface area contributed by atoms with Crippen molar-refractivity contribution < 1.29 is 35.9 Å². The normalized spacial score (nSPS) is 22.6. The lowest BCUT2D eigenvalue weighted by molar-refractivity contribution is -0.137. The van der Waals surface area contributed by atoms with Gasteiger partial charge in [-0.1, -0.05) is 30.0 Å². The van der Waals surface area contributed by atoms with Gasteiger partial charge in [-0.2, -0.15) is 18.2 Å². The maximum Gasteiger partial charge on any atom is 0.418 e. The molecule has 0 saturated carbocycles. The number of amidine groups is 1. The Labute approximate surface area is 198 Å². The quantitative estimate of drug-likeness (QED) is 0.603. The van der Waals surface area contributed by atoms with Crippen LogP contribution in [0.2, 0.25) is 0 Å². The van der Waals surface area contributed by atoms with Gasteiger partial charge in [0, 0.05) is 5.25 Å². The second kappa shape index (κ2) is 9.14. The SMILES string of the molecule is COc1ccc(CC(=O)N=C2S[C@@H]3CS(=O)(=O)C[C@H]3N2c2ccccc2C(F)(F)F)cc1OC. The van der Waals surface area contributed by atoms with Crippen LogP contribution in [0.4, 0.5) is 18.9 Å². The third-order valence-corrected chi connectivity index (χ3v) is 8.77. The Kier molecular flexibility index (Phi) is 6.56. The summed E-state index contributed by atoms with van der Waals surface area (Å²) in [6.45, 7) is 0. The van der Waals surface area contributed by atoms with Crippen LogP contribution in [0.5, 0.6) is 11.5 Å². The number of carbonyl (C=O) groups excluding carboxylic acids is 1. The van der Waals surface area contributed by atoms with E-state index in [0.717, 1.165) is 17.8 Å². The zero-order chi connectivity index (χ0) is 24.7. The number of aliphatic imine (C=N–C) groups is 1. The molecule has 2 aromatic carbocycles. The van der Waals surface area contributed by atoms with E-state index in [2.05, 4.69) is 4.99 Å². The molecule has 12 heteroatoms. The molecule has 2 fully saturated rings. The minimum atomic E-state index is -4.66. The zero-order valence-corrected chi connectivity index (χ0v) is 19.8. The van der Waals surface area contributed by atoms with Crippen LogP contribution in [0, 0.1) is 0 Å². The molecule has 0 unspecified atom stereocenters. The number of nitrogens with zero attached hydrogens (tertiary/aromatic N) is 2. The first-order valence-corrected chi connectivity index (χ1v) is 12.9. The molecule has 2 atom stereocenters. The summed E-state index contributed by atoms with van der Waals surface area (Å²) in [5, 5.41) is -0.453. The van der Waals surface area contributed by atoms with Crippen LogP contribution in [-0.2, 0) is 27.2 Å². The highest BCUT2D eigenvalue weighted by Crippen LogP contribution is 2.45. The second-order valence-corrected chi connectivity index (χ2v) is 11.2. The van der Waals surface area contributed by atoms with Gasteiger partial charge in [0.15, 0.2) is 26.5 Å². The van der Waals surface area contributed by atoms with E-state index in [1.54, 1.807) is 18.2 Å².